The number of nitrogens with zero attached hydrogens (tertiary/aromatic N) is 2. The maximum Gasteiger partial charge on any atom is 0.160 e. The lowest BCUT2D eigenvalue weighted by Gasteiger charge is -2.49. The predicted molar refractivity (Wildman–Crippen MR) is 252 cm³/mol. The lowest BCUT2D eigenvalue weighted by molar-refractivity contribution is 0.634. The first-order valence-electron chi connectivity index (χ1n) is 21.5. The van der Waals surface area contributed by atoms with Gasteiger partial charge in [0.05, 0.1) is 22.2 Å². The lowest BCUT2D eigenvalue weighted by Crippen LogP contribution is -2.44. The van der Waals surface area contributed by atoms with Gasteiger partial charge in [-0.25, -0.2) is 9.97 Å². The van der Waals surface area contributed by atoms with Crippen LogP contribution in [0.3, 0.4) is 0 Å². The number of fused-ring (bicyclic) bond motifs is 16. The summed E-state index contributed by atoms with van der Waals surface area (Å²) in [5, 5.41) is 0. The monoisotopic (exact) mass is 786 g/mol. The highest BCUT2D eigenvalue weighted by molar-refractivity contribution is 5.96. The molecule has 1 aromatic heterocycles. The van der Waals surface area contributed by atoms with E-state index in [0.29, 0.717) is 5.82 Å². The molecule has 0 fully saturated rings. The van der Waals surface area contributed by atoms with Gasteiger partial charge >= 0.3 is 0 Å². The molecule has 288 valence electrons. The third kappa shape index (κ3) is 4.64. The van der Waals surface area contributed by atoms with E-state index < -0.39 is 10.8 Å². The fourth-order valence-electron chi connectivity index (χ4n) is 11.5. The van der Waals surface area contributed by atoms with Crippen molar-refractivity contribution in [2.75, 3.05) is 0 Å². The first-order chi connectivity index (χ1) is 30.8. The summed E-state index contributed by atoms with van der Waals surface area (Å²) in [6.07, 6.45) is 0. The van der Waals surface area contributed by atoms with E-state index >= 15 is 0 Å². The molecule has 0 amide bonds. The molecule has 62 heavy (non-hydrogen) atoms. The number of rotatable bonds is 4. The fourth-order valence-corrected chi connectivity index (χ4v) is 11.5. The van der Waals surface area contributed by atoms with E-state index in [1.165, 1.54) is 72.3 Å². The summed E-state index contributed by atoms with van der Waals surface area (Å²) in [5.74, 6) is 0.708. The van der Waals surface area contributed by atoms with Gasteiger partial charge in [0.1, 0.15) is 0 Å². The van der Waals surface area contributed by atoms with Crippen LogP contribution in [0.5, 0.6) is 0 Å². The molecule has 3 aliphatic carbocycles. The first kappa shape index (κ1) is 34.9. The quantitative estimate of drug-likeness (QED) is 0.178. The standard InChI is InChI=1S/C60H38N2/c1-3-19-39(20-4-1)55-38-56(62-58(61-55)40-21-5-2-6-22-40)42-24-17-23-41(37-42)43-29-18-36-54-57(43)60(50-32-13-9-27-46(50)47-28-10-14-33-51(47)60)53-35-16-15-34-52(53)59(54)48-30-11-7-25-44(48)45-26-8-12-31-49(45)59/h1-38H. The number of aromatic nitrogens is 2. The number of benzene rings is 9. The molecule has 0 saturated heterocycles. The van der Waals surface area contributed by atoms with Gasteiger partial charge in [-0.1, -0.05) is 218 Å². The Morgan fingerprint density at radius 3 is 1.18 bits per heavy atom. The molecule has 0 aliphatic heterocycles. The second-order valence-electron chi connectivity index (χ2n) is 16.7. The third-order valence-electron chi connectivity index (χ3n) is 13.8. The lowest BCUT2D eigenvalue weighted by atomic mass is 9.51. The topological polar surface area (TPSA) is 25.8 Å². The first-order valence-corrected chi connectivity index (χ1v) is 21.5. The predicted octanol–water partition coefficient (Wildman–Crippen LogP) is 14.2. The Labute approximate surface area is 361 Å². The van der Waals surface area contributed by atoms with Crippen molar-refractivity contribution in [3.8, 4) is 67.3 Å². The average Bonchev–Trinajstić information content (AvgIpc) is 3.82. The molecule has 0 atom stereocenters. The van der Waals surface area contributed by atoms with Gasteiger partial charge in [-0.15, -0.1) is 0 Å². The van der Waals surface area contributed by atoms with Crippen LogP contribution in [0.25, 0.3) is 67.3 Å². The highest BCUT2D eigenvalue weighted by atomic mass is 14.9. The summed E-state index contributed by atoms with van der Waals surface area (Å²) >= 11 is 0. The maximum atomic E-state index is 5.28. The van der Waals surface area contributed by atoms with E-state index in [0.717, 1.165) is 33.6 Å². The molecule has 2 spiro atoms. The second-order valence-corrected chi connectivity index (χ2v) is 16.7. The van der Waals surface area contributed by atoms with Crippen LogP contribution in [0.2, 0.25) is 0 Å². The van der Waals surface area contributed by atoms with Crippen LogP contribution in [0.1, 0.15) is 44.5 Å². The molecule has 2 nitrogen and oxygen atoms in total. The van der Waals surface area contributed by atoms with Gasteiger partial charge in [0, 0.05) is 16.7 Å². The Bertz CT molecular complexity index is 3270. The Balaban J connectivity index is 1.14. The van der Waals surface area contributed by atoms with Gasteiger partial charge in [-0.2, -0.15) is 0 Å². The van der Waals surface area contributed by atoms with E-state index in [2.05, 4.69) is 206 Å². The SMILES string of the molecule is c1ccc(-c2cc(-c3cccc(-c4cccc5c4C4(c6ccccc6-c6ccccc64)c4ccccc4C54c5ccccc5-c5ccccc54)c3)nc(-c3ccccc3)n2)cc1. The zero-order chi connectivity index (χ0) is 40.8. The van der Waals surface area contributed by atoms with Crippen molar-refractivity contribution in [1.82, 2.24) is 9.97 Å². The fraction of sp³-hybridized carbons (Fsp3) is 0.0333. The smallest absolute Gasteiger partial charge is 0.160 e. The molecular formula is C60H38N2. The molecule has 0 saturated carbocycles. The van der Waals surface area contributed by atoms with Gasteiger partial charge < -0.3 is 0 Å². The minimum atomic E-state index is -0.598. The molecule has 0 N–H and O–H groups in total. The molecule has 0 unspecified atom stereocenters. The molecule has 0 radical (unpaired) electrons. The second kappa shape index (κ2) is 13.3. The molecule has 9 aromatic carbocycles. The minimum Gasteiger partial charge on any atom is -0.228 e. The van der Waals surface area contributed by atoms with Crippen molar-refractivity contribution in [2.24, 2.45) is 0 Å². The normalized spacial score (nSPS) is 14.1. The molecular weight excluding hydrogens is 749 g/mol. The number of hydrogen-bond donors (Lipinski definition) is 0. The van der Waals surface area contributed by atoms with Crippen LogP contribution in [-0.4, -0.2) is 9.97 Å². The van der Waals surface area contributed by atoms with Gasteiger partial charge in [0.15, 0.2) is 5.82 Å². The highest BCUT2D eigenvalue weighted by Crippen LogP contribution is 2.68. The Kier molecular flexibility index (Phi) is 7.47. The van der Waals surface area contributed by atoms with Crippen LogP contribution < -0.4 is 0 Å². The van der Waals surface area contributed by atoms with Gasteiger partial charge in [-0.3, -0.25) is 0 Å². The zero-order valence-electron chi connectivity index (χ0n) is 33.8. The average molecular weight is 787 g/mol. The van der Waals surface area contributed by atoms with Gasteiger partial charge in [-0.05, 0) is 90.0 Å². The van der Waals surface area contributed by atoms with E-state index in [1.54, 1.807) is 0 Å². The molecule has 3 aliphatic rings. The molecule has 0 bridgehead atoms. The van der Waals surface area contributed by atoms with Crippen LogP contribution in [0, 0.1) is 0 Å². The highest BCUT2D eigenvalue weighted by Gasteiger charge is 2.59. The van der Waals surface area contributed by atoms with Crippen LogP contribution in [0.4, 0.5) is 0 Å². The largest absolute Gasteiger partial charge is 0.228 e. The van der Waals surface area contributed by atoms with E-state index in [1.807, 2.05) is 24.3 Å². The molecule has 10 aromatic rings. The van der Waals surface area contributed by atoms with Crippen molar-refractivity contribution >= 4 is 0 Å². The molecule has 1 heterocycles. The van der Waals surface area contributed by atoms with Crippen LogP contribution >= 0.6 is 0 Å². The third-order valence-corrected chi connectivity index (χ3v) is 13.8. The summed E-state index contributed by atoms with van der Waals surface area (Å²) in [4.78, 5) is 10.4. The van der Waals surface area contributed by atoms with Crippen molar-refractivity contribution in [3.63, 3.8) is 0 Å². The summed E-state index contributed by atoms with van der Waals surface area (Å²) in [7, 11) is 0. The van der Waals surface area contributed by atoms with E-state index in [-0.39, 0.29) is 0 Å². The summed E-state index contributed by atoms with van der Waals surface area (Å²) in [6, 6.07) is 84.8. The Morgan fingerprint density at radius 2 is 0.613 bits per heavy atom. The van der Waals surface area contributed by atoms with Crippen LogP contribution in [-0.2, 0) is 10.8 Å². The summed E-state index contributed by atoms with van der Waals surface area (Å²) < 4.78 is 0. The Hall–Kier alpha value is -7.94. The summed E-state index contributed by atoms with van der Waals surface area (Å²) in [6.45, 7) is 0. The van der Waals surface area contributed by atoms with Crippen molar-refractivity contribution in [1.29, 1.82) is 0 Å². The summed E-state index contributed by atoms with van der Waals surface area (Å²) in [5.41, 5.74) is 21.9. The van der Waals surface area contributed by atoms with Crippen molar-refractivity contribution in [3.05, 3.63) is 275 Å². The molecule has 13 rings (SSSR count). The number of hydrogen-bond acceptors (Lipinski definition) is 2. The van der Waals surface area contributed by atoms with Crippen molar-refractivity contribution in [2.45, 2.75) is 10.8 Å². The van der Waals surface area contributed by atoms with Crippen LogP contribution in [0.15, 0.2) is 231 Å². The van der Waals surface area contributed by atoms with E-state index in [4.69, 9.17) is 9.97 Å². The van der Waals surface area contributed by atoms with Crippen molar-refractivity contribution < 1.29 is 0 Å². The zero-order valence-corrected chi connectivity index (χ0v) is 33.8. The molecule has 2 heteroatoms. The minimum absolute atomic E-state index is 0.549. The maximum absolute atomic E-state index is 5.28. The van der Waals surface area contributed by atoms with E-state index in [9.17, 15) is 0 Å². The van der Waals surface area contributed by atoms with Gasteiger partial charge in [0.2, 0.25) is 0 Å². The Morgan fingerprint density at radius 1 is 0.242 bits per heavy atom. The van der Waals surface area contributed by atoms with Gasteiger partial charge in [0.25, 0.3) is 0 Å².